The Morgan fingerprint density at radius 2 is 1.90 bits per heavy atom. The molecule has 0 aliphatic carbocycles. The molecule has 0 bridgehead atoms. The summed E-state index contributed by atoms with van der Waals surface area (Å²) in [6.07, 6.45) is 0. The number of nitrogens with one attached hydrogen (secondary N) is 3. The van der Waals surface area contributed by atoms with E-state index in [4.69, 9.17) is 5.73 Å². The third kappa shape index (κ3) is 3.19. The summed E-state index contributed by atoms with van der Waals surface area (Å²) >= 11 is 0. The summed E-state index contributed by atoms with van der Waals surface area (Å²) in [4.78, 5) is 34.2. The minimum Gasteiger partial charge on any atom is -0.398 e. The zero-order chi connectivity index (χ0) is 14.5. The van der Waals surface area contributed by atoms with Crippen molar-refractivity contribution in [2.75, 3.05) is 11.1 Å². The highest BCUT2D eigenvalue weighted by Gasteiger charge is 2.12. The minimum absolute atomic E-state index is 0.107. The van der Waals surface area contributed by atoms with Crippen LogP contribution in [0.5, 0.6) is 0 Å². The fourth-order valence-electron chi connectivity index (χ4n) is 1.44. The number of H-pyrrole nitrogens is 1. The first kappa shape index (κ1) is 13.3. The van der Waals surface area contributed by atoms with E-state index in [1.165, 1.54) is 18.2 Å². The highest BCUT2D eigenvalue weighted by atomic mass is 16.2. The minimum atomic E-state index is -0.780. The number of hydrogen-bond acceptors (Lipinski definition) is 5. The van der Waals surface area contributed by atoms with Crippen LogP contribution in [-0.2, 0) is 0 Å². The first-order valence-corrected chi connectivity index (χ1v) is 5.59. The molecule has 1 heterocycles. The number of nitrogens with two attached hydrogens (primary N) is 1. The van der Waals surface area contributed by atoms with Crippen molar-refractivity contribution in [3.05, 3.63) is 52.3 Å². The standard InChI is InChI=1S/C12H11N5O3/c13-8-4-2-1-3-7(8)11(19)15-12(20)14-9-5-6-10(18)17-16-9/h1-6H,13H2,(H,17,18)(H2,14,15,16,19,20). The maximum atomic E-state index is 11.8. The number of urea groups is 1. The van der Waals surface area contributed by atoms with Crippen molar-refractivity contribution in [1.82, 2.24) is 15.5 Å². The monoisotopic (exact) mass is 273 g/mol. The van der Waals surface area contributed by atoms with E-state index in [1.807, 2.05) is 0 Å². The van der Waals surface area contributed by atoms with Crippen LogP contribution in [0, 0.1) is 0 Å². The zero-order valence-corrected chi connectivity index (χ0v) is 10.2. The third-order valence-corrected chi connectivity index (χ3v) is 2.35. The Hall–Kier alpha value is -3.16. The van der Waals surface area contributed by atoms with Gasteiger partial charge in [0.15, 0.2) is 5.82 Å². The summed E-state index contributed by atoms with van der Waals surface area (Å²) in [5.41, 5.74) is 5.68. The van der Waals surface area contributed by atoms with Crippen molar-refractivity contribution in [1.29, 1.82) is 0 Å². The van der Waals surface area contributed by atoms with Crippen LogP contribution in [0.4, 0.5) is 16.3 Å². The molecule has 0 spiro atoms. The Bertz CT molecular complexity index is 690. The van der Waals surface area contributed by atoms with E-state index >= 15 is 0 Å². The molecule has 0 fully saturated rings. The highest BCUT2D eigenvalue weighted by molar-refractivity contribution is 6.09. The van der Waals surface area contributed by atoms with Crippen LogP contribution in [0.15, 0.2) is 41.2 Å². The Morgan fingerprint density at radius 1 is 1.15 bits per heavy atom. The molecule has 5 N–H and O–H groups in total. The van der Waals surface area contributed by atoms with Crippen molar-refractivity contribution in [3.8, 4) is 0 Å². The number of aromatic nitrogens is 2. The van der Waals surface area contributed by atoms with Crippen molar-refractivity contribution in [2.45, 2.75) is 0 Å². The second kappa shape index (κ2) is 5.65. The number of amides is 3. The molecule has 102 valence electrons. The van der Waals surface area contributed by atoms with Gasteiger partial charge in [-0.2, -0.15) is 5.10 Å². The summed E-state index contributed by atoms with van der Waals surface area (Å²) in [5, 5.41) is 10.1. The lowest BCUT2D eigenvalue weighted by atomic mass is 10.2. The number of carbonyl (C=O) groups excluding carboxylic acids is 2. The quantitative estimate of drug-likeness (QED) is 0.585. The average Bonchev–Trinajstić information content (AvgIpc) is 2.41. The molecule has 0 radical (unpaired) electrons. The van der Waals surface area contributed by atoms with E-state index in [2.05, 4.69) is 20.8 Å². The van der Waals surface area contributed by atoms with Crippen LogP contribution >= 0.6 is 0 Å². The maximum absolute atomic E-state index is 11.8. The van der Waals surface area contributed by atoms with Gasteiger partial charge in [-0.25, -0.2) is 9.89 Å². The summed E-state index contributed by atoms with van der Waals surface area (Å²) in [5.74, 6) is -0.527. The van der Waals surface area contributed by atoms with Crippen LogP contribution in [0.2, 0.25) is 0 Å². The van der Waals surface area contributed by atoms with Crippen molar-refractivity contribution in [3.63, 3.8) is 0 Å². The number of carbonyl (C=O) groups is 2. The zero-order valence-electron chi connectivity index (χ0n) is 10.2. The van der Waals surface area contributed by atoms with E-state index in [1.54, 1.807) is 18.2 Å². The maximum Gasteiger partial charge on any atom is 0.327 e. The molecule has 2 aromatic rings. The van der Waals surface area contributed by atoms with Gasteiger partial charge in [-0.15, -0.1) is 0 Å². The number of benzene rings is 1. The number of para-hydroxylation sites is 1. The first-order valence-electron chi connectivity index (χ1n) is 5.59. The molecule has 8 heteroatoms. The SMILES string of the molecule is Nc1ccccc1C(=O)NC(=O)Nc1ccc(=O)[nH]n1. The fourth-order valence-corrected chi connectivity index (χ4v) is 1.44. The predicted octanol–water partition coefficient (Wildman–Crippen LogP) is 0.314. The Labute approximate surface area is 113 Å². The summed E-state index contributed by atoms with van der Waals surface area (Å²) in [7, 11) is 0. The van der Waals surface area contributed by atoms with Gasteiger partial charge in [-0.3, -0.25) is 20.2 Å². The third-order valence-electron chi connectivity index (χ3n) is 2.35. The normalized spacial score (nSPS) is 9.80. The number of imide groups is 1. The van der Waals surface area contributed by atoms with E-state index < -0.39 is 17.5 Å². The molecule has 8 nitrogen and oxygen atoms in total. The van der Waals surface area contributed by atoms with Crippen molar-refractivity contribution in [2.24, 2.45) is 0 Å². The Balaban J connectivity index is 2.01. The number of hydrogen-bond donors (Lipinski definition) is 4. The van der Waals surface area contributed by atoms with Crippen molar-refractivity contribution >= 4 is 23.4 Å². The summed E-state index contributed by atoms with van der Waals surface area (Å²) in [6, 6.07) is 8.08. The molecule has 0 saturated heterocycles. The molecule has 0 saturated carbocycles. The van der Waals surface area contributed by atoms with Crippen LogP contribution < -0.4 is 21.9 Å². The predicted molar refractivity (Wildman–Crippen MR) is 72.2 cm³/mol. The number of nitrogens with zero attached hydrogens (tertiary/aromatic N) is 1. The smallest absolute Gasteiger partial charge is 0.327 e. The molecule has 0 atom stereocenters. The topological polar surface area (TPSA) is 130 Å². The molecule has 0 unspecified atom stereocenters. The van der Waals surface area contributed by atoms with Gasteiger partial charge in [0.25, 0.3) is 11.5 Å². The lowest BCUT2D eigenvalue weighted by molar-refractivity contribution is 0.0968. The van der Waals surface area contributed by atoms with Gasteiger partial charge in [0.1, 0.15) is 0 Å². The largest absolute Gasteiger partial charge is 0.398 e. The van der Waals surface area contributed by atoms with Gasteiger partial charge in [0.05, 0.1) is 5.56 Å². The van der Waals surface area contributed by atoms with E-state index in [9.17, 15) is 14.4 Å². The molecule has 20 heavy (non-hydrogen) atoms. The number of anilines is 2. The number of aromatic amines is 1. The second-order valence-corrected chi connectivity index (χ2v) is 3.80. The molecule has 1 aromatic carbocycles. The Kier molecular flexibility index (Phi) is 3.75. The summed E-state index contributed by atoms with van der Waals surface area (Å²) < 4.78 is 0. The van der Waals surface area contributed by atoms with E-state index in [-0.39, 0.29) is 17.1 Å². The van der Waals surface area contributed by atoms with Gasteiger partial charge in [0, 0.05) is 11.8 Å². The van der Waals surface area contributed by atoms with Crippen LogP contribution in [0.1, 0.15) is 10.4 Å². The second-order valence-electron chi connectivity index (χ2n) is 3.80. The van der Waals surface area contributed by atoms with Gasteiger partial charge < -0.3 is 5.73 Å². The lowest BCUT2D eigenvalue weighted by Crippen LogP contribution is -2.35. The molecule has 0 aliphatic heterocycles. The molecular weight excluding hydrogens is 262 g/mol. The molecule has 3 amide bonds. The molecule has 2 rings (SSSR count). The molecular formula is C12H11N5O3. The van der Waals surface area contributed by atoms with E-state index in [0.717, 1.165) is 0 Å². The van der Waals surface area contributed by atoms with Crippen LogP contribution in [0.25, 0.3) is 0 Å². The van der Waals surface area contributed by atoms with E-state index in [0.29, 0.717) is 0 Å². The van der Waals surface area contributed by atoms with Crippen molar-refractivity contribution < 1.29 is 9.59 Å². The van der Waals surface area contributed by atoms with Crippen LogP contribution in [0.3, 0.4) is 0 Å². The average molecular weight is 273 g/mol. The highest BCUT2D eigenvalue weighted by Crippen LogP contribution is 2.09. The van der Waals surface area contributed by atoms with Gasteiger partial charge in [-0.05, 0) is 18.2 Å². The summed E-state index contributed by atoms with van der Waals surface area (Å²) in [6.45, 7) is 0. The molecule has 1 aromatic heterocycles. The first-order chi connectivity index (χ1) is 9.56. The van der Waals surface area contributed by atoms with Gasteiger partial charge in [-0.1, -0.05) is 12.1 Å². The lowest BCUT2D eigenvalue weighted by Gasteiger charge is -2.07. The Morgan fingerprint density at radius 3 is 2.55 bits per heavy atom. The van der Waals surface area contributed by atoms with Gasteiger partial charge in [0.2, 0.25) is 0 Å². The number of nitrogen functional groups attached to an aromatic ring is 1. The number of rotatable bonds is 2. The van der Waals surface area contributed by atoms with Gasteiger partial charge >= 0.3 is 6.03 Å². The van der Waals surface area contributed by atoms with Crippen LogP contribution in [-0.4, -0.2) is 22.1 Å². The molecule has 0 aliphatic rings. The fraction of sp³-hybridized carbons (Fsp3) is 0.